The number of nitriles is 1. The molecule has 1 N–H and O–H groups in total. The average molecular weight is 276 g/mol. The number of nitrogens with zero attached hydrogens (tertiary/aromatic N) is 4. The van der Waals surface area contributed by atoms with Crippen molar-refractivity contribution in [1.29, 1.82) is 5.26 Å². The van der Waals surface area contributed by atoms with Crippen molar-refractivity contribution in [2.45, 2.75) is 20.4 Å². The van der Waals surface area contributed by atoms with E-state index in [1.165, 1.54) is 6.07 Å². The minimum absolute atomic E-state index is 0.307. The maximum atomic E-state index is 8.89. The lowest BCUT2D eigenvalue weighted by molar-refractivity contribution is 0.730. The molecule has 2 rings (SSSR count). The topological polar surface area (TPSA) is 66.5 Å². The van der Waals surface area contributed by atoms with Crippen molar-refractivity contribution in [3.8, 4) is 6.07 Å². The minimum Gasteiger partial charge on any atom is -0.366 e. The van der Waals surface area contributed by atoms with Gasteiger partial charge >= 0.3 is 0 Å². The van der Waals surface area contributed by atoms with Crippen LogP contribution in [0.1, 0.15) is 22.5 Å². The van der Waals surface area contributed by atoms with Crippen LogP contribution in [0.25, 0.3) is 0 Å². The number of hydrogen-bond donors (Lipinski definition) is 1. The van der Waals surface area contributed by atoms with E-state index in [9.17, 15) is 0 Å². The Kier molecular flexibility index (Phi) is 3.72. The summed E-state index contributed by atoms with van der Waals surface area (Å²) in [5.74, 6) is 0.590. The van der Waals surface area contributed by atoms with Crippen LogP contribution in [-0.4, -0.2) is 14.8 Å². The molecule has 0 unspecified atom stereocenters. The molecular formula is C13H14ClN5. The van der Waals surface area contributed by atoms with Gasteiger partial charge in [0.15, 0.2) is 0 Å². The van der Waals surface area contributed by atoms with Crippen molar-refractivity contribution in [3.05, 3.63) is 39.8 Å². The second-order valence-corrected chi connectivity index (χ2v) is 4.69. The summed E-state index contributed by atoms with van der Waals surface area (Å²) >= 11 is 5.86. The molecule has 98 valence electrons. The first kappa shape index (κ1) is 13.4. The molecule has 0 aliphatic heterocycles. The van der Waals surface area contributed by atoms with Crippen LogP contribution < -0.4 is 5.32 Å². The van der Waals surface area contributed by atoms with Crippen LogP contribution in [0, 0.1) is 25.2 Å². The highest BCUT2D eigenvalue weighted by atomic mass is 35.5. The second-order valence-electron chi connectivity index (χ2n) is 4.30. The van der Waals surface area contributed by atoms with Gasteiger partial charge in [-0.2, -0.15) is 10.4 Å². The van der Waals surface area contributed by atoms with Gasteiger partial charge in [-0.05, 0) is 26.0 Å². The Morgan fingerprint density at radius 1 is 1.42 bits per heavy atom. The van der Waals surface area contributed by atoms with E-state index in [0.29, 0.717) is 23.1 Å². The largest absolute Gasteiger partial charge is 0.366 e. The Labute approximate surface area is 116 Å². The lowest BCUT2D eigenvalue weighted by Gasteiger charge is -2.07. The summed E-state index contributed by atoms with van der Waals surface area (Å²) in [5.41, 5.74) is 3.70. The molecule has 0 spiro atoms. The third-order valence-corrected chi connectivity index (χ3v) is 3.22. The zero-order valence-electron chi connectivity index (χ0n) is 11.0. The van der Waals surface area contributed by atoms with Gasteiger partial charge in [-0.25, -0.2) is 4.98 Å². The molecule has 2 aromatic rings. The third kappa shape index (κ3) is 2.85. The van der Waals surface area contributed by atoms with E-state index in [2.05, 4.69) is 21.5 Å². The Morgan fingerprint density at radius 2 is 2.16 bits per heavy atom. The molecule has 0 fully saturated rings. The molecular weight excluding hydrogens is 262 g/mol. The maximum absolute atomic E-state index is 8.89. The van der Waals surface area contributed by atoms with Crippen molar-refractivity contribution in [3.63, 3.8) is 0 Å². The number of rotatable bonds is 3. The number of nitrogens with one attached hydrogen (secondary N) is 1. The van der Waals surface area contributed by atoms with Crippen LogP contribution in [0.2, 0.25) is 5.15 Å². The fraction of sp³-hybridized carbons (Fsp3) is 0.308. The number of halogens is 1. The zero-order valence-corrected chi connectivity index (χ0v) is 11.8. The van der Waals surface area contributed by atoms with Crippen LogP contribution in [0.4, 0.5) is 5.82 Å². The van der Waals surface area contributed by atoms with Gasteiger partial charge in [-0.1, -0.05) is 11.6 Å². The molecule has 0 aliphatic rings. The highest BCUT2D eigenvalue weighted by Gasteiger charge is 2.09. The summed E-state index contributed by atoms with van der Waals surface area (Å²) in [6, 6.07) is 5.26. The minimum atomic E-state index is 0.307. The lowest BCUT2D eigenvalue weighted by Crippen LogP contribution is -2.04. The van der Waals surface area contributed by atoms with Crippen molar-refractivity contribution >= 4 is 17.4 Å². The van der Waals surface area contributed by atoms with Gasteiger partial charge in [0, 0.05) is 24.8 Å². The Bertz CT molecular complexity index is 654. The van der Waals surface area contributed by atoms with E-state index in [4.69, 9.17) is 16.9 Å². The highest BCUT2D eigenvalue weighted by molar-refractivity contribution is 6.29. The molecule has 0 saturated carbocycles. The molecule has 6 heteroatoms. The first-order valence-corrected chi connectivity index (χ1v) is 6.19. The molecule has 0 atom stereocenters. The first-order valence-electron chi connectivity index (χ1n) is 5.82. The van der Waals surface area contributed by atoms with Gasteiger partial charge in [-0.15, -0.1) is 0 Å². The van der Waals surface area contributed by atoms with Crippen molar-refractivity contribution in [2.24, 2.45) is 7.05 Å². The van der Waals surface area contributed by atoms with Crippen LogP contribution in [0.15, 0.2) is 12.1 Å². The van der Waals surface area contributed by atoms with Crippen molar-refractivity contribution < 1.29 is 0 Å². The van der Waals surface area contributed by atoms with Crippen molar-refractivity contribution in [2.75, 3.05) is 5.32 Å². The standard InChI is InChI=1S/C13H14ClN5/c1-8-11(9(2)19(3)18-8)7-16-13-5-10(6-15)4-12(14)17-13/h4-5H,7H2,1-3H3,(H,16,17). The van der Waals surface area contributed by atoms with Crippen LogP contribution in [0.3, 0.4) is 0 Å². The molecule has 2 heterocycles. The average Bonchev–Trinajstić information content (AvgIpc) is 2.60. The summed E-state index contributed by atoms with van der Waals surface area (Å²) in [5, 5.41) is 16.7. The van der Waals surface area contributed by atoms with E-state index in [1.54, 1.807) is 6.07 Å². The van der Waals surface area contributed by atoms with E-state index in [0.717, 1.165) is 17.0 Å². The first-order chi connectivity index (χ1) is 9.01. The quantitative estimate of drug-likeness (QED) is 0.874. The summed E-state index contributed by atoms with van der Waals surface area (Å²) in [6.45, 7) is 4.59. The highest BCUT2D eigenvalue weighted by Crippen LogP contribution is 2.17. The summed E-state index contributed by atoms with van der Waals surface area (Å²) in [7, 11) is 1.91. The predicted molar refractivity (Wildman–Crippen MR) is 74.0 cm³/mol. The Hall–Kier alpha value is -2.06. The van der Waals surface area contributed by atoms with E-state index < -0.39 is 0 Å². The molecule has 0 amide bonds. The van der Waals surface area contributed by atoms with Crippen LogP contribution in [0.5, 0.6) is 0 Å². The molecule has 5 nitrogen and oxygen atoms in total. The molecule has 19 heavy (non-hydrogen) atoms. The van der Waals surface area contributed by atoms with Gasteiger partial charge in [0.2, 0.25) is 0 Å². The normalized spacial score (nSPS) is 10.3. The van der Waals surface area contributed by atoms with Gasteiger partial charge in [0.1, 0.15) is 11.0 Å². The lowest BCUT2D eigenvalue weighted by atomic mass is 10.2. The molecule has 2 aromatic heterocycles. The predicted octanol–water partition coefficient (Wildman–Crippen LogP) is 2.57. The molecule has 0 radical (unpaired) electrons. The molecule has 0 saturated heterocycles. The monoisotopic (exact) mass is 275 g/mol. The van der Waals surface area contributed by atoms with Gasteiger partial charge in [-0.3, -0.25) is 4.68 Å². The number of pyridine rings is 1. The number of anilines is 1. The summed E-state index contributed by atoms with van der Waals surface area (Å²) in [4.78, 5) is 4.14. The van der Waals surface area contributed by atoms with Gasteiger partial charge in [0.25, 0.3) is 0 Å². The smallest absolute Gasteiger partial charge is 0.132 e. The van der Waals surface area contributed by atoms with Crippen LogP contribution >= 0.6 is 11.6 Å². The molecule has 0 aliphatic carbocycles. The molecule has 0 bridgehead atoms. The van der Waals surface area contributed by atoms with Gasteiger partial charge < -0.3 is 5.32 Å². The fourth-order valence-corrected chi connectivity index (χ4v) is 2.11. The second kappa shape index (κ2) is 5.29. The molecule has 0 aromatic carbocycles. The SMILES string of the molecule is Cc1nn(C)c(C)c1CNc1cc(C#N)cc(Cl)n1. The maximum Gasteiger partial charge on any atom is 0.132 e. The van der Waals surface area contributed by atoms with Crippen LogP contribution in [-0.2, 0) is 13.6 Å². The van der Waals surface area contributed by atoms with E-state index >= 15 is 0 Å². The summed E-state index contributed by atoms with van der Waals surface area (Å²) in [6.07, 6.45) is 0. The van der Waals surface area contributed by atoms with E-state index in [-0.39, 0.29) is 0 Å². The van der Waals surface area contributed by atoms with Crippen molar-refractivity contribution in [1.82, 2.24) is 14.8 Å². The fourth-order valence-electron chi connectivity index (χ4n) is 1.90. The Balaban J connectivity index is 2.19. The third-order valence-electron chi connectivity index (χ3n) is 3.03. The van der Waals surface area contributed by atoms with Gasteiger partial charge in [0.05, 0.1) is 17.3 Å². The Morgan fingerprint density at radius 3 is 2.74 bits per heavy atom. The number of aryl methyl sites for hydroxylation is 2. The number of hydrogen-bond acceptors (Lipinski definition) is 4. The number of aromatic nitrogens is 3. The van der Waals surface area contributed by atoms with E-state index in [1.807, 2.05) is 25.6 Å². The zero-order chi connectivity index (χ0) is 14.0. The summed E-state index contributed by atoms with van der Waals surface area (Å²) < 4.78 is 1.85.